The second-order valence-corrected chi connectivity index (χ2v) is 4.17. The van der Waals surface area contributed by atoms with Gasteiger partial charge in [-0.15, -0.1) is 0 Å². The Morgan fingerprint density at radius 2 is 1.92 bits per heavy atom. The highest BCUT2D eigenvalue weighted by Gasteiger charge is 2.34. The van der Waals surface area contributed by atoms with Crippen LogP contribution in [0.2, 0.25) is 0 Å². The fraction of sp³-hybridized carbons (Fsp3) is 1.00. The van der Waals surface area contributed by atoms with Crippen molar-refractivity contribution < 1.29 is 13.2 Å². The van der Waals surface area contributed by atoms with Gasteiger partial charge in [-0.3, -0.25) is 0 Å². The van der Waals surface area contributed by atoms with Crippen LogP contribution in [0.1, 0.15) is 25.7 Å². The van der Waals surface area contributed by atoms with Gasteiger partial charge in [0.05, 0.1) is 0 Å². The van der Waals surface area contributed by atoms with E-state index in [4.69, 9.17) is 0 Å². The number of alkyl halides is 4. The van der Waals surface area contributed by atoms with Gasteiger partial charge in [-0.05, 0) is 18.3 Å². The molecular weight excluding hydrogens is 233 g/mol. The van der Waals surface area contributed by atoms with Crippen molar-refractivity contribution in [2.45, 2.75) is 31.9 Å². The molecule has 0 heterocycles. The minimum Gasteiger partial charge on any atom is -0.171 e. The molecule has 0 radical (unpaired) electrons. The van der Waals surface area contributed by atoms with Crippen LogP contribution in [0.5, 0.6) is 0 Å². The van der Waals surface area contributed by atoms with E-state index < -0.39 is 12.6 Å². The first-order valence-electron chi connectivity index (χ1n) is 4.14. The first kappa shape index (κ1) is 10.4. The zero-order valence-corrected chi connectivity index (χ0v) is 8.29. The van der Waals surface area contributed by atoms with Crippen LogP contribution in [-0.4, -0.2) is 11.5 Å². The Morgan fingerprint density at radius 3 is 2.25 bits per heavy atom. The molecule has 0 saturated heterocycles. The molecular formula is C8H12BrF3. The molecule has 0 unspecified atom stereocenters. The molecule has 1 saturated carbocycles. The van der Waals surface area contributed by atoms with E-state index in [0.29, 0.717) is 11.2 Å². The highest BCUT2D eigenvalue weighted by molar-refractivity contribution is 9.09. The van der Waals surface area contributed by atoms with E-state index in [1.54, 1.807) is 0 Å². The van der Waals surface area contributed by atoms with Crippen molar-refractivity contribution in [3.05, 3.63) is 0 Å². The Morgan fingerprint density at radius 1 is 1.33 bits per heavy atom. The number of rotatable bonds is 4. The van der Waals surface area contributed by atoms with E-state index >= 15 is 0 Å². The van der Waals surface area contributed by atoms with Crippen molar-refractivity contribution >= 4 is 15.9 Å². The molecule has 0 amide bonds. The molecule has 0 aliphatic heterocycles. The van der Waals surface area contributed by atoms with E-state index in [9.17, 15) is 13.2 Å². The fourth-order valence-corrected chi connectivity index (χ4v) is 1.85. The summed E-state index contributed by atoms with van der Waals surface area (Å²) >= 11 is 3.12. The van der Waals surface area contributed by atoms with Crippen molar-refractivity contribution in [2.24, 2.45) is 11.8 Å². The van der Waals surface area contributed by atoms with Gasteiger partial charge in [0.1, 0.15) is 0 Å². The van der Waals surface area contributed by atoms with Crippen LogP contribution in [0.25, 0.3) is 0 Å². The van der Waals surface area contributed by atoms with Crippen molar-refractivity contribution in [2.75, 3.05) is 5.33 Å². The van der Waals surface area contributed by atoms with Crippen LogP contribution in [0, 0.1) is 11.8 Å². The normalized spacial score (nSPS) is 21.0. The molecule has 0 nitrogen and oxygen atoms in total. The van der Waals surface area contributed by atoms with E-state index in [0.717, 1.165) is 19.3 Å². The molecule has 0 spiro atoms. The molecule has 72 valence electrons. The Labute approximate surface area is 78.7 Å². The number of halogens is 4. The van der Waals surface area contributed by atoms with Crippen LogP contribution in [0.15, 0.2) is 0 Å². The van der Waals surface area contributed by atoms with E-state index in [1.807, 2.05) is 0 Å². The van der Waals surface area contributed by atoms with E-state index in [-0.39, 0.29) is 5.92 Å². The Kier molecular flexibility index (Phi) is 3.44. The SMILES string of the molecule is FC(F)(F)C[C@H](CBr)CC1CC1. The predicted molar refractivity (Wildman–Crippen MR) is 45.3 cm³/mol. The summed E-state index contributed by atoms with van der Waals surface area (Å²) in [6.07, 6.45) is -1.63. The highest BCUT2D eigenvalue weighted by Crippen LogP contribution is 2.39. The van der Waals surface area contributed by atoms with Crippen LogP contribution >= 0.6 is 15.9 Å². The van der Waals surface area contributed by atoms with Crippen molar-refractivity contribution in [3.8, 4) is 0 Å². The quantitative estimate of drug-likeness (QED) is 0.661. The molecule has 0 aromatic rings. The first-order chi connectivity index (χ1) is 5.51. The molecule has 12 heavy (non-hydrogen) atoms. The van der Waals surface area contributed by atoms with Gasteiger partial charge in [0.2, 0.25) is 0 Å². The summed E-state index contributed by atoms with van der Waals surface area (Å²) in [7, 11) is 0. The monoisotopic (exact) mass is 244 g/mol. The molecule has 0 aromatic carbocycles. The van der Waals surface area contributed by atoms with Crippen molar-refractivity contribution in [1.29, 1.82) is 0 Å². The molecule has 1 fully saturated rings. The lowest BCUT2D eigenvalue weighted by Crippen LogP contribution is -2.16. The Hall–Kier alpha value is 0.270. The standard InChI is InChI=1S/C8H12BrF3/c9-5-7(3-6-1-2-6)4-8(10,11)12/h6-7H,1-5H2/t7-/m1/s1. The maximum absolute atomic E-state index is 11.9. The zero-order valence-electron chi connectivity index (χ0n) is 6.70. The second-order valence-electron chi connectivity index (χ2n) is 3.52. The lowest BCUT2D eigenvalue weighted by atomic mass is 10.0. The van der Waals surface area contributed by atoms with Gasteiger partial charge in [0.25, 0.3) is 0 Å². The van der Waals surface area contributed by atoms with Crippen LogP contribution < -0.4 is 0 Å². The lowest BCUT2D eigenvalue weighted by Gasteiger charge is -2.15. The fourth-order valence-electron chi connectivity index (χ4n) is 1.35. The van der Waals surface area contributed by atoms with Gasteiger partial charge in [-0.1, -0.05) is 28.8 Å². The van der Waals surface area contributed by atoms with Crippen LogP contribution in [0.3, 0.4) is 0 Å². The van der Waals surface area contributed by atoms with E-state index in [2.05, 4.69) is 15.9 Å². The summed E-state index contributed by atoms with van der Waals surface area (Å²) in [5.74, 6) is 0.368. The maximum atomic E-state index is 11.9. The summed E-state index contributed by atoms with van der Waals surface area (Å²) in [4.78, 5) is 0. The minimum atomic E-state index is -3.99. The molecule has 1 rings (SSSR count). The molecule has 1 aliphatic carbocycles. The van der Waals surface area contributed by atoms with Gasteiger partial charge in [-0.25, -0.2) is 0 Å². The van der Waals surface area contributed by atoms with Crippen LogP contribution in [0.4, 0.5) is 13.2 Å². The minimum absolute atomic E-state index is 0.211. The van der Waals surface area contributed by atoms with Crippen molar-refractivity contribution in [1.82, 2.24) is 0 Å². The summed E-state index contributed by atoms with van der Waals surface area (Å²) in [5.41, 5.74) is 0. The predicted octanol–water partition coefficient (Wildman–Crippen LogP) is 3.75. The number of hydrogen-bond acceptors (Lipinski definition) is 0. The smallest absolute Gasteiger partial charge is 0.171 e. The lowest BCUT2D eigenvalue weighted by molar-refractivity contribution is -0.143. The summed E-state index contributed by atoms with van der Waals surface area (Å²) < 4.78 is 35.8. The summed E-state index contributed by atoms with van der Waals surface area (Å²) in [6, 6.07) is 0. The topological polar surface area (TPSA) is 0 Å². The largest absolute Gasteiger partial charge is 0.389 e. The first-order valence-corrected chi connectivity index (χ1v) is 5.26. The van der Waals surface area contributed by atoms with Gasteiger partial charge in [0.15, 0.2) is 0 Å². The molecule has 0 aromatic heterocycles. The molecule has 0 bridgehead atoms. The van der Waals surface area contributed by atoms with Gasteiger partial charge in [-0.2, -0.15) is 13.2 Å². The van der Waals surface area contributed by atoms with Crippen LogP contribution in [-0.2, 0) is 0 Å². The van der Waals surface area contributed by atoms with Gasteiger partial charge >= 0.3 is 6.18 Å². The zero-order chi connectivity index (χ0) is 9.19. The summed E-state index contributed by atoms with van der Waals surface area (Å²) in [6.45, 7) is 0. The maximum Gasteiger partial charge on any atom is 0.389 e. The highest BCUT2D eigenvalue weighted by atomic mass is 79.9. The number of hydrogen-bond donors (Lipinski definition) is 0. The molecule has 0 N–H and O–H groups in total. The average molecular weight is 245 g/mol. The molecule has 1 atom stereocenters. The third kappa shape index (κ3) is 4.33. The Balaban J connectivity index is 2.23. The van der Waals surface area contributed by atoms with Gasteiger partial charge < -0.3 is 0 Å². The van der Waals surface area contributed by atoms with E-state index in [1.165, 1.54) is 0 Å². The second kappa shape index (κ2) is 3.99. The van der Waals surface area contributed by atoms with Gasteiger partial charge in [0, 0.05) is 11.8 Å². The molecule has 1 aliphatic rings. The summed E-state index contributed by atoms with van der Waals surface area (Å²) in [5, 5.41) is 0.475. The third-order valence-electron chi connectivity index (χ3n) is 2.10. The molecule has 4 heteroatoms. The average Bonchev–Trinajstić information content (AvgIpc) is 2.67. The third-order valence-corrected chi connectivity index (χ3v) is 3.02. The Bertz CT molecular complexity index is 140. The van der Waals surface area contributed by atoms with Crippen molar-refractivity contribution in [3.63, 3.8) is 0 Å².